The van der Waals surface area contributed by atoms with Gasteiger partial charge in [0, 0.05) is 0 Å². The fourth-order valence-electron chi connectivity index (χ4n) is 3.96. The Balaban J connectivity index is 3.61. The number of rotatable bonds is 21. The summed E-state index contributed by atoms with van der Waals surface area (Å²) >= 11 is 0. The van der Waals surface area contributed by atoms with E-state index in [4.69, 9.17) is 9.79 Å². The van der Waals surface area contributed by atoms with Crippen LogP contribution in [0.2, 0.25) is 0 Å². The molecule has 28 heavy (non-hydrogen) atoms. The molecule has 0 atom stereocenters. The van der Waals surface area contributed by atoms with Crippen LogP contribution in [-0.4, -0.2) is 47.1 Å². The molecule has 0 aromatic rings. The predicted molar refractivity (Wildman–Crippen MR) is 119 cm³/mol. The van der Waals surface area contributed by atoms with Gasteiger partial charge in [-0.2, -0.15) is 0 Å². The van der Waals surface area contributed by atoms with Crippen molar-refractivity contribution in [3.63, 3.8) is 0 Å². The third-order valence-electron chi connectivity index (χ3n) is 6.15. The Morgan fingerprint density at radius 1 is 0.643 bits per heavy atom. The minimum atomic E-state index is -4.34. The van der Waals surface area contributed by atoms with Crippen LogP contribution in [0.15, 0.2) is 0 Å². The van der Waals surface area contributed by atoms with Gasteiger partial charge in [-0.3, -0.25) is 4.52 Å². The van der Waals surface area contributed by atoms with Crippen molar-refractivity contribution in [3.8, 4) is 0 Å². The molecule has 0 bridgehead atoms. The van der Waals surface area contributed by atoms with Crippen LogP contribution < -0.4 is 0 Å². The van der Waals surface area contributed by atoms with Crippen molar-refractivity contribution < 1.29 is 23.4 Å². The molecular weight excluding hydrogens is 373 g/mol. The molecule has 0 unspecified atom stereocenters. The molecule has 0 aliphatic carbocycles. The van der Waals surface area contributed by atoms with E-state index in [0.717, 1.165) is 24.1 Å². The van der Waals surface area contributed by atoms with Crippen molar-refractivity contribution in [2.24, 2.45) is 0 Å². The zero-order valence-electron chi connectivity index (χ0n) is 19.0. The van der Waals surface area contributed by atoms with Gasteiger partial charge < -0.3 is 14.3 Å². The van der Waals surface area contributed by atoms with Gasteiger partial charge in [0.05, 0.1) is 19.6 Å². The van der Waals surface area contributed by atoms with Crippen LogP contribution in [0.5, 0.6) is 0 Å². The Morgan fingerprint density at radius 3 is 1.39 bits per heavy atom. The van der Waals surface area contributed by atoms with Gasteiger partial charge in [-0.1, -0.05) is 84.0 Å². The van der Waals surface area contributed by atoms with Crippen molar-refractivity contribution in [2.75, 3.05) is 32.8 Å². The van der Waals surface area contributed by atoms with Gasteiger partial charge in [-0.15, -0.1) is 0 Å². The highest BCUT2D eigenvalue weighted by atomic mass is 31.2. The quantitative estimate of drug-likeness (QED) is 0.127. The third kappa shape index (κ3) is 17.0. The van der Waals surface area contributed by atoms with Crippen molar-refractivity contribution in [3.05, 3.63) is 0 Å². The van der Waals surface area contributed by atoms with E-state index in [2.05, 4.69) is 25.3 Å². The van der Waals surface area contributed by atoms with E-state index in [1.54, 1.807) is 0 Å². The summed E-state index contributed by atoms with van der Waals surface area (Å²) in [5.74, 6) is 0. The highest BCUT2D eigenvalue weighted by Gasteiger charge is 2.24. The molecule has 0 amide bonds. The largest absolute Gasteiger partial charge is 0.469 e. The number of hydrogen-bond donors (Lipinski definition) is 2. The minimum absolute atomic E-state index is 0.130. The molecule has 0 saturated heterocycles. The molecular formula is C22H49NO4P+. The lowest BCUT2D eigenvalue weighted by Gasteiger charge is -2.37. The molecule has 0 aromatic heterocycles. The lowest BCUT2D eigenvalue weighted by atomic mass is 10.0. The van der Waals surface area contributed by atoms with Crippen LogP contribution in [0.4, 0.5) is 0 Å². The molecule has 0 radical (unpaired) electrons. The first-order valence-electron chi connectivity index (χ1n) is 11.9. The first-order valence-corrected chi connectivity index (χ1v) is 13.5. The van der Waals surface area contributed by atoms with Gasteiger partial charge in [0.1, 0.15) is 13.2 Å². The highest BCUT2D eigenvalue weighted by Crippen LogP contribution is 2.35. The van der Waals surface area contributed by atoms with Gasteiger partial charge in [-0.25, -0.2) is 4.57 Å². The minimum Gasteiger partial charge on any atom is -0.322 e. The molecule has 0 aliphatic heterocycles. The van der Waals surface area contributed by atoms with Gasteiger partial charge in [0.2, 0.25) is 0 Å². The van der Waals surface area contributed by atoms with Gasteiger partial charge in [0.25, 0.3) is 0 Å². The smallest absolute Gasteiger partial charge is 0.322 e. The Morgan fingerprint density at radius 2 is 1.04 bits per heavy atom. The van der Waals surface area contributed by atoms with Gasteiger partial charge in [-0.05, 0) is 26.7 Å². The van der Waals surface area contributed by atoms with Gasteiger partial charge >= 0.3 is 7.82 Å². The third-order valence-corrected chi connectivity index (χ3v) is 6.67. The molecule has 0 fully saturated rings. The van der Waals surface area contributed by atoms with E-state index in [0.29, 0.717) is 6.54 Å². The summed E-state index contributed by atoms with van der Waals surface area (Å²) < 4.78 is 16.4. The standard InChI is InChI=1S/C22H48NO4P/c1-4-7-8-9-10-11-12-13-14-15-16-17-18-19-20-23(5-2,6-3)21-22-27-28(24,25)26/h4-22H2,1-3H3,(H-,24,25,26)/p+1. The predicted octanol–water partition coefficient (Wildman–Crippen LogP) is 6.43. The molecule has 0 saturated carbocycles. The first kappa shape index (κ1) is 28.1. The topological polar surface area (TPSA) is 66.8 Å². The van der Waals surface area contributed by atoms with E-state index in [1.165, 1.54) is 89.9 Å². The van der Waals surface area contributed by atoms with Crippen LogP contribution in [0.1, 0.15) is 111 Å². The lowest BCUT2D eigenvalue weighted by Crippen LogP contribution is -2.50. The summed E-state index contributed by atoms with van der Waals surface area (Å²) in [4.78, 5) is 17.7. The second-order valence-corrected chi connectivity index (χ2v) is 9.58. The Kier molecular flexibility index (Phi) is 17.9. The maximum Gasteiger partial charge on any atom is 0.469 e. The molecule has 5 nitrogen and oxygen atoms in total. The summed E-state index contributed by atoms with van der Waals surface area (Å²) in [6.45, 7) is 10.4. The zero-order valence-corrected chi connectivity index (χ0v) is 19.9. The molecule has 2 N–H and O–H groups in total. The number of quaternary nitrogens is 1. The summed E-state index contributed by atoms with van der Waals surface area (Å²) in [5.41, 5.74) is 0. The second kappa shape index (κ2) is 17.9. The van der Waals surface area contributed by atoms with Crippen LogP contribution >= 0.6 is 7.82 Å². The summed E-state index contributed by atoms with van der Waals surface area (Å²) in [7, 11) is -4.34. The average molecular weight is 423 g/mol. The van der Waals surface area contributed by atoms with Crippen molar-refractivity contribution in [1.82, 2.24) is 0 Å². The van der Waals surface area contributed by atoms with Crippen molar-refractivity contribution >= 4 is 7.82 Å². The molecule has 0 spiro atoms. The first-order chi connectivity index (χ1) is 13.4. The van der Waals surface area contributed by atoms with E-state index < -0.39 is 7.82 Å². The zero-order chi connectivity index (χ0) is 21.1. The molecule has 0 aliphatic rings. The molecule has 0 heterocycles. The van der Waals surface area contributed by atoms with Crippen LogP contribution in [0.25, 0.3) is 0 Å². The van der Waals surface area contributed by atoms with Gasteiger partial charge in [0.15, 0.2) is 0 Å². The number of nitrogens with zero attached hydrogens (tertiary/aromatic N) is 1. The molecule has 0 aromatic carbocycles. The van der Waals surface area contributed by atoms with E-state index in [-0.39, 0.29) is 6.61 Å². The SMILES string of the molecule is CCCCCCCCCCCCCCCC[N+](CC)(CC)CCOP(=O)(O)O. The maximum atomic E-state index is 10.9. The number of unbranched alkanes of at least 4 members (excludes halogenated alkanes) is 13. The molecule has 6 heteroatoms. The average Bonchev–Trinajstić information content (AvgIpc) is 2.66. The van der Waals surface area contributed by atoms with E-state index in [1.807, 2.05) is 0 Å². The normalized spacial score (nSPS) is 12.6. The number of hydrogen-bond acceptors (Lipinski definition) is 2. The number of phosphoric ester groups is 1. The maximum absolute atomic E-state index is 10.9. The van der Waals surface area contributed by atoms with Crippen LogP contribution in [0, 0.1) is 0 Å². The second-order valence-electron chi connectivity index (χ2n) is 8.34. The summed E-state index contributed by atoms with van der Waals surface area (Å²) in [5, 5.41) is 0. The highest BCUT2D eigenvalue weighted by molar-refractivity contribution is 7.46. The summed E-state index contributed by atoms with van der Waals surface area (Å²) in [6, 6.07) is 0. The Hall–Kier alpha value is 0.0700. The summed E-state index contributed by atoms with van der Waals surface area (Å²) in [6.07, 6.45) is 19.1. The van der Waals surface area contributed by atoms with Crippen LogP contribution in [0.3, 0.4) is 0 Å². The Labute approximate surface area is 175 Å². The monoisotopic (exact) mass is 422 g/mol. The van der Waals surface area contributed by atoms with Crippen LogP contribution in [-0.2, 0) is 9.09 Å². The molecule has 170 valence electrons. The Bertz CT molecular complexity index is 383. The van der Waals surface area contributed by atoms with E-state index >= 15 is 0 Å². The fourth-order valence-corrected chi connectivity index (χ4v) is 4.28. The lowest BCUT2D eigenvalue weighted by molar-refractivity contribution is -0.925. The molecule has 0 rings (SSSR count). The fraction of sp³-hybridized carbons (Fsp3) is 1.00. The van der Waals surface area contributed by atoms with Crippen molar-refractivity contribution in [2.45, 2.75) is 111 Å². The van der Waals surface area contributed by atoms with E-state index in [9.17, 15) is 4.57 Å². The van der Waals surface area contributed by atoms with Crippen molar-refractivity contribution in [1.29, 1.82) is 0 Å². The number of phosphoric acid groups is 1. The number of likely N-dealkylation sites (N-methyl/N-ethyl adjacent to an activating group) is 1.